The Labute approximate surface area is 153 Å². The number of carbonyl (C=O) groups is 1. The van der Waals surface area contributed by atoms with Crippen LogP contribution in [0.2, 0.25) is 0 Å². The third-order valence-electron chi connectivity index (χ3n) is 4.10. The number of hydrogen-bond donors (Lipinski definition) is 1. The van der Waals surface area contributed by atoms with E-state index in [4.69, 9.17) is 13.9 Å². The molecule has 1 aliphatic heterocycles. The van der Waals surface area contributed by atoms with Gasteiger partial charge in [0.15, 0.2) is 0 Å². The molecule has 10 heteroatoms. The Balaban J connectivity index is 1.81. The summed E-state index contributed by atoms with van der Waals surface area (Å²) >= 11 is 0. The van der Waals surface area contributed by atoms with E-state index in [1.807, 2.05) is 0 Å². The molecule has 1 atom stereocenters. The molecule has 0 saturated carbocycles. The van der Waals surface area contributed by atoms with Gasteiger partial charge in [-0.05, 0) is 19.1 Å². The molecule has 1 unspecified atom stereocenters. The zero-order valence-electron chi connectivity index (χ0n) is 14.7. The van der Waals surface area contributed by atoms with Crippen LogP contribution in [0.15, 0.2) is 28.8 Å². The monoisotopic (exact) mass is 385 g/mol. The Morgan fingerprint density at radius 2 is 2.19 bits per heavy atom. The number of carbonyl (C=O) groups excluding carboxylic acids is 1. The Morgan fingerprint density at radius 1 is 1.41 bits per heavy atom. The maximum absolute atomic E-state index is 12.8. The van der Waals surface area contributed by atoms with Gasteiger partial charge >= 0.3 is 12.2 Å². The fourth-order valence-corrected chi connectivity index (χ4v) is 2.76. The van der Waals surface area contributed by atoms with E-state index in [-0.39, 0.29) is 18.0 Å². The summed E-state index contributed by atoms with van der Waals surface area (Å²) < 4.78 is 54.4. The van der Waals surface area contributed by atoms with Crippen LogP contribution in [0.25, 0.3) is 0 Å². The lowest BCUT2D eigenvalue weighted by molar-refractivity contribution is -0.141. The number of rotatable bonds is 3. The number of pyridine rings is 1. The van der Waals surface area contributed by atoms with Gasteiger partial charge in [0.2, 0.25) is 0 Å². The van der Waals surface area contributed by atoms with Crippen molar-refractivity contribution in [2.45, 2.75) is 19.1 Å². The van der Waals surface area contributed by atoms with Gasteiger partial charge in [-0.2, -0.15) is 13.2 Å². The molecule has 1 saturated heterocycles. The first-order chi connectivity index (χ1) is 12.8. The number of hydrogen-bond acceptors (Lipinski definition) is 5. The molecule has 1 aliphatic rings. The number of nitrogens with one attached hydrogen (secondary N) is 1. The van der Waals surface area contributed by atoms with Crippen LogP contribution in [0.4, 0.5) is 23.7 Å². The van der Waals surface area contributed by atoms with E-state index in [0.717, 1.165) is 12.3 Å². The minimum atomic E-state index is -4.61. The van der Waals surface area contributed by atoms with Crippen LogP contribution >= 0.6 is 0 Å². The zero-order chi connectivity index (χ0) is 19.6. The van der Waals surface area contributed by atoms with E-state index in [9.17, 15) is 18.0 Å². The Morgan fingerprint density at radius 3 is 2.81 bits per heavy atom. The number of urea groups is 1. The lowest BCUT2D eigenvalue weighted by Crippen LogP contribution is -2.45. The molecule has 1 N–H and O–H groups in total. The molecule has 0 spiro atoms. The summed E-state index contributed by atoms with van der Waals surface area (Å²) in [6.07, 6.45) is -3.69. The standard InChI is InChI=1S/C17H18F3N3O4/c1-10-3-4-13(27-10)12-9-26-6-5-23(12)16(24)22-11-8-21-15(17(18,19)20)7-14(11)25-2/h3-4,7-8,12H,5-6,9H2,1-2H3,(H,22,24). The minimum absolute atomic E-state index is 0.0383. The number of morpholine rings is 1. The molecule has 3 rings (SSSR count). The molecular formula is C17H18F3N3O4. The van der Waals surface area contributed by atoms with Crippen LogP contribution in [0.5, 0.6) is 5.75 Å². The predicted molar refractivity (Wildman–Crippen MR) is 88.5 cm³/mol. The molecule has 0 aromatic carbocycles. The minimum Gasteiger partial charge on any atom is -0.494 e. The van der Waals surface area contributed by atoms with Crippen LogP contribution < -0.4 is 10.1 Å². The Kier molecular flexibility index (Phi) is 5.26. The highest BCUT2D eigenvalue weighted by molar-refractivity contribution is 5.91. The second-order valence-corrected chi connectivity index (χ2v) is 5.93. The number of amides is 2. The van der Waals surface area contributed by atoms with Gasteiger partial charge in [0.05, 0.1) is 26.5 Å². The first-order valence-corrected chi connectivity index (χ1v) is 8.12. The van der Waals surface area contributed by atoms with Gasteiger partial charge in [0.1, 0.15) is 34.7 Å². The summed E-state index contributed by atoms with van der Waals surface area (Å²) in [5.41, 5.74) is -1.07. The van der Waals surface area contributed by atoms with Crippen LogP contribution in [0, 0.1) is 6.92 Å². The van der Waals surface area contributed by atoms with Gasteiger partial charge in [0, 0.05) is 12.6 Å². The predicted octanol–water partition coefficient (Wildman–Crippen LogP) is 3.62. The molecule has 2 aromatic heterocycles. The molecule has 27 heavy (non-hydrogen) atoms. The number of methoxy groups -OCH3 is 1. The summed E-state index contributed by atoms with van der Waals surface area (Å²) in [6, 6.07) is 3.32. The van der Waals surface area contributed by atoms with Gasteiger partial charge in [-0.1, -0.05) is 0 Å². The van der Waals surface area contributed by atoms with E-state index >= 15 is 0 Å². The van der Waals surface area contributed by atoms with Crippen LogP contribution in [0.3, 0.4) is 0 Å². The molecule has 2 amide bonds. The average Bonchev–Trinajstić information content (AvgIpc) is 3.07. The van der Waals surface area contributed by atoms with E-state index in [0.29, 0.717) is 24.7 Å². The third kappa shape index (κ3) is 4.16. The second-order valence-electron chi connectivity index (χ2n) is 5.93. The number of alkyl halides is 3. The molecule has 7 nitrogen and oxygen atoms in total. The highest BCUT2D eigenvalue weighted by atomic mass is 19.4. The second kappa shape index (κ2) is 7.47. The smallest absolute Gasteiger partial charge is 0.433 e. The molecular weight excluding hydrogens is 367 g/mol. The number of ether oxygens (including phenoxy) is 2. The summed E-state index contributed by atoms with van der Waals surface area (Å²) in [7, 11) is 1.22. The largest absolute Gasteiger partial charge is 0.494 e. The number of anilines is 1. The summed E-state index contributed by atoms with van der Waals surface area (Å²) in [6.45, 7) is 2.68. The van der Waals surface area contributed by atoms with Crippen molar-refractivity contribution < 1.29 is 31.9 Å². The van der Waals surface area contributed by atoms with Gasteiger partial charge in [0.25, 0.3) is 0 Å². The number of nitrogens with zero attached hydrogens (tertiary/aromatic N) is 2. The summed E-state index contributed by atoms with van der Waals surface area (Å²) in [5.74, 6) is 1.13. The highest BCUT2D eigenvalue weighted by Gasteiger charge is 2.34. The summed E-state index contributed by atoms with van der Waals surface area (Å²) in [4.78, 5) is 17.6. The van der Waals surface area contributed by atoms with E-state index in [2.05, 4.69) is 10.3 Å². The highest BCUT2D eigenvalue weighted by Crippen LogP contribution is 2.34. The van der Waals surface area contributed by atoms with Gasteiger partial charge in [-0.3, -0.25) is 0 Å². The maximum atomic E-state index is 12.8. The lowest BCUT2D eigenvalue weighted by Gasteiger charge is -2.34. The molecule has 0 radical (unpaired) electrons. The van der Waals surface area contributed by atoms with Crippen LogP contribution in [-0.2, 0) is 10.9 Å². The lowest BCUT2D eigenvalue weighted by atomic mass is 10.2. The van der Waals surface area contributed by atoms with Crippen molar-refractivity contribution in [3.8, 4) is 5.75 Å². The number of aryl methyl sites for hydroxylation is 1. The SMILES string of the molecule is COc1cc(C(F)(F)F)ncc1NC(=O)N1CCOCC1c1ccc(C)o1. The normalized spacial score (nSPS) is 17.7. The average molecular weight is 385 g/mol. The van der Waals surface area contributed by atoms with Gasteiger partial charge in [-0.15, -0.1) is 0 Å². The topological polar surface area (TPSA) is 76.8 Å². The van der Waals surface area contributed by atoms with Crippen molar-refractivity contribution in [3.63, 3.8) is 0 Å². The van der Waals surface area contributed by atoms with Crippen molar-refractivity contribution >= 4 is 11.7 Å². The van der Waals surface area contributed by atoms with Crippen molar-refractivity contribution in [2.75, 3.05) is 32.2 Å². The fourth-order valence-electron chi connectivity index (χ4n) is 2.76. The van der Waals surface area contributed by atoms with Crippen molar-refractivity contribution in [3.05, 3.63) is 41.6 Å². The number of aromatic nitrogens is 1. The molecule has 1 fully saturated rings. The van der Waals surface area contributed by atoms with E-state index < -0.39 is 23.9 Å². The Bertz CT molecular complexity index is 822. The first-order valence-electron chi connectivity index (χ1n) is 8.12. The van der Waals surface area contributed by atoms with Crippen molar-refractivity contribution in [2.24, 2.45) is 0 Å². The zero-order valence-corrected chi connectivity index (χ0v) is 14.7. The maximum Gasteiger partial charge on any atom is 0.433 e. The fraction of sp³-hybridized carbons (Fsp3) is 0.412. The molecule has 146 valence electrons. The summed E-state index contributed by atoms with van der Waals surface area (Å²) in [5, 5.41) is 2.55. The van der Waals surface area contributed by atoms with Crippen molar-refractivity contribution in [1.29, 1.82) is 0 Å². The van der Waals surface area contributed by atoms with Gasteiger partial charge in [-0.25, -0.2) is 9.78 Å². The van der Waals surface area contributed by atoms with Crippen molar-refractivity contribution in [1.82, 2.24) is 9.88 Å². The molecule has 0 bridgehead atoms. The quantitative estimate of drug-likeness (QED) is 0.873. The Hall–Kier alpha value is -2.75. The molecule has 0 aliphatic carbocycles. The molecule has 2 aromatic rings. The van der Waals surface area contributed by atoms with E-state index in [1.54, 1.807) is 19.1 Å². The third-order valence-corrected chi connectivity index (χ3v) is 4.10. The number of furan rings is 1. The van der Waals surface area contributed by atoms with Gasteiger partial charge < -0.3 is 24.1 Å². The van der Waals surface area contributed by atoms with Crippen LogP contribution in [-0.4, -0.2) is 42.8 Å². The number of halogens is 3. The first kappa shape index (κ1) is 19.0. The van der Waals surface area contributed by atoms with Crippen LogP contribution in [0.1, 0.15) is 23.3 Å². The molecule has 3 heterocycles. The van der Waals surface area contributed by atoms with E-state index in [1.165, 1.54) is 12.0 Å².